The zero-order valence-corrected chi connectivity index (χ0v) is 14.8. The molecule has 3 heterocycles. The predicted octanol–water partition coefficient (Wildman–Crippen LogP) is 4.28. The molecule has 1 amide bonds. The molecule has 0 radical (unpaired) electrons. The highest BCUT2D eigenvalue weighted by atomic mass is 16.3. The fourth-order valence-corrected chi connectivity index (χ4v) is 3.68. The molecule has 1 aliphatic rings. The summed E-state index contributed by atoms with van der Waals surface area (Å²) in [5.41, 5.74) is 1.80. The number of likely N-dealkylation sites (tertiary alicyclic amines) is 1. The lowest BCUT2D eigenvalue weighted by molar-refractivity contribution is 0.0658. The second-order valence-corrected chi connectivity index (χ2v) is 6.78. The third kappa shape index (κ3) is 3.57. The van der Waals surface area contributed by atoms with Crippen LogP contribution < -0.4 is 0 Å². The maximum atomic E-state index is 13.3. The van der Waals surface area contributed by atoms with E-state index in [9.17, 15) is 4.79 Å². The molecule has 4 rings (SSSR count). The smallest absolute Gasteiger partial charge is 0.254 e. The van der Waals surface area contributed by atoms with Crippen LogP contribution in [0.5, 0.6) is 0 Å². The van der Waals surface area contributed by atoms with Gasteiger partial charge in [0.25, 0.3) is 5.91 Å². The summed E-state index contributed by atoms with van der Waals surface area (Å²) in [7, 11) is 0. The maximum Gasteiger partial charge on any atom is 0.254 e. The second-order valence-electron chi connectivity index (χ2n) is 6.78. The maximum absolute atomic E-state index is 13.3. The highest BCUT2D eigenvalue weighted by Crippen LogP contribution is 2.31. The minimum atomic E-state index is 0.0229. The van der Waals surface area contributed by atoms with E-state index in [2.05, 4.69) is 5.10 Å². The van der Waals surface area contributed by atoms with Crippen LogP contribution in [0.15, 0.2) is 65.5 Å². The summed E-state index contributed by atoms with van der Waals surface area (Å²) >= 11 is 0. The standard InChI is InChI=1S/C21H23N3O2/c25-21(18-8-4-7-17(15-18)16-23-12-6-11-22-23)24-13-3-1-2-9-19(24)20-10-5-14-26-20/h4-8,10-12,14-15,19H,1-3,9,13,16H2. The van der Waals surface area contributed by atoms with Gasteiger partial charge in [-0.2, -0.15) is 5.10 Å². The van der Waals surface area contributed by atoms with Crippen molar-refractivity contribution in [2.45, 2.75) is 38.3 Å². The lowest BCUT2D eigenvalue weighted by Gasteiger charge is -2.29. The first-order chi connectivity index (χ1) is 12.8. The van der Waals surface area contributed by atoms with E-state index in [1.165, 1.54) is 0 Å². The zero-order valence-electron chi connectivity index (χ0n) is 14.8. The van der Waals surface area contributed by atoms with Gasteiger partial charge in [-0.1, -0.05) is 25.0 Å². The molecule has 0 spiro atoms. The molecule has 5 nitrogen and oxygen atoms in total. The van der Waals surface area contributed by atoms with Crippen LogP contribution in [-0.2, 0) is 6.54 Å². The Kier molecular flexibility index (Phi) is 4.86. The Balaban J connectivity index is 1.58. The van der Waals surface area contributed by atoms with Crippen molar-refractivity contribution >= 4 is 5.91 Å². The van der Waals surface area contributed by atoms with Crippen LogP contribution in [0, 0.1) is 0 Å². The van der Waals surface area contributed by atoms with Gasteiger partial charge in [-0.05, 0) is 48.7 Å². The number of furan rings is 1. The van der Waals surface area contributed by atoms with E-state index in [1.54, 1.807) is 12.5 Å². The monoisotopic (exact) mass is 349 g/mol. The van der Waals surface area contributed by atoms with Gasteiger partial charge >= 0.3 is 0 Å². The van der Waals surface area contributed by atoms with Crippen LogP contribution in [0.2, 0.25) is 0 Å². The van der Waals surface area contributed by atoms with Gasteiger partial charge in [-0.3, -0.25) is 9.48 Å². The van der Waals surface area contributed by atoms with Crippen LogP contribution in [0.25, 0.3) is 0 Å². The fourth-order valence-electron chi connectivity index (χ4n) is 3.68. The average Bonchev–Trinajstić information content (AvgIpc) is 3.32. The topological polar surface area (TPSA) is 51.3 Å². The Labute approximate surface area is 153 Å². The van der Waals surface area contributed by atoms with Crippen molar-refractivity contribution in [1.82, 2.24) is 14.7 Å². The Morgan fingerprint density at radius 1 is 1.15 bits per heavy atom. The van der Waals surface area contributed by atoms with Gasteiger partial charge in [0.1, 0.15) is 5.76 Å². The first-order valence-corrected chi connectivity index (χ1v) is 9.22. The first-order valence-electron chi connectivity index (χ1n) is 9.22. The molecule has 0 aliphatic carbocycles. The van der Waals surface area contributed by atoms with Crippen molar-refractivity contribution < 1.29 is 9.21 Å². The molecule has 3 aromatic rings. The van der Waals surface area contributed by atoms with Crippen LogP contribution in [-0.4, -0.2) is 27.1 Å². The lowest BCUT2D eigenvalue weighted by atomic mass is 10.1. The molecule has 5 heteroatoms. The Hall–Kier alpha value is -2.82. The molecule has 1 aliphatic heterocycles. The molecule has 1 atom stereocenters. The van der Waals surface area contributed by atoms with Gasteiger partial charge in [0.05, 0.1) is 18.8 Å². The van der Waals surface area contributed by atoms with Gasteiger partial charge in [0, 0.05) is 24.5 Å². The highest BCUT2D eigenvalue weighted by molar-refractivity contribution is 5.94. The second kappa shape index (κ2) is 7.60. The third-order valence-electron chi connectivity index (χ3n) is 4.96. The fraction of sp³-hybridized carbons (Fsp3) is 0.333. The predicted molar refractivity (Wildman–Crippen MR) is 98.7 cm³/mol. The van der Waals surface area contributed by atoms with Crippen molar-refractivity contribution in [2.75, 3.05) is 6.54 Å². The number of amides is 1. The van der Waals surface area contributed by atoms with Crippen LogP contribution in [0.1, 0.15) is 53.4 Å². The summed E-state index contributed by atoms with van der Waals surface area (Å²) in [5.74, 6) is 0.962. The molecule has 0 saturated carbocycles. The van der Waals surface area contributed by atoms with Crippen molar-refractivity contribution in [1.29, 1.82) is 0 Å². The van der Waals surface area contributed by atoms with E-state index >= 15 is 0 Å². The van der Waals surface area contributed by atoms with Crippen molar-refractivity contribution in [2.24, 2.45) is 0 Å². The Morgan fingerprint density at radius 2 is 2.12 bits per heavy atom. The molecule has 1 saturated heterocycles. The quantitative estimate of drug-likeness (QED) is 0.706. The number of carbonyl (C=O) groups excluding carboxylic acids is 1. The lowest BCUT2D eigenvalue weighted by Crippen LogP contribution is -2.34. The van der Waals surface area contributed by atoms with Gasteiger partial charge in [-0.25, -0.2) is 0 Å². The molecule has 134 valence electrons. The number of aromatic nitrogens is 2. The molecule has 0 N–H and O–H groups in total. The van der Waals surface area contributed by atoms with Crippen LogP contribution >= 0.6 is 0 Å². The SMILES string of the molecule is O=C(c1cccc(Cn2cccn2)c1)N1CCCCCC1c1ccco1. The molecule has 0 bridgehead atoms. The highest BCUT2D eigenvalue weighted by Gasteiger charge is 2.29. The van der Waals surface area contributed by atoms with Crippen molar-refractivity contribution in [3.8, 4) is 0 Å². The van der Waals surface area contributed by atoms with E-state index in [0.717, 1.165) is 49.1 Å². The van der Waals surface area contributed by atoms with Gasteiger partial charge in [0.2, 0.25) is 0 Å². The van der Waals surface area contributed by atoms with E-state index in [0.29, 0.717) is 6.54 Å². The number of hydrogen-bond donors (Lipinski definition) is 0. The zero-order chi connectivity index (χ0) is 17.8. The number of nitrogens with zero attached hydrogens (tertiary/aromatic N) is 3. The number of carbonyl (C=O) groups is 1. The normalized spacial score (nSPS) is 17.8. The van der Waals surface area contributed by atoms with E-state index in [-0.39, 0.29) is 11.9 Å². The molecular formula is C21H23N3O2. The summed E-state index contributed by atoms with van der Waals surface area (Å²) in [6.07, 6.45) is 9.64. The largest absolute Gasteiger partial charge is 0.467 e. The average molecular weight is 349 g/mol. The summed E-state index contributed by atoms with van der Waals surface area (Å²) in [6.45, 7) is 1.43. The minimum Gasteiger partial charge on any atom is -0.467 e. The summed E-state index contributed by atoms with van der Waals surface area (Å²) < 4.78 is 7.50. The van der Waals surface area contributed by atoms with E-state index in [1.807, 2.05) is 58.2 Å². The molecular weight excluding hydrogens is 326 g/mol. The number of benzene rings is 1. The van der Waals surface area contributed by atoms with E-state index < -0.39 is 0 Å². The number of rotatable bonds is 4. The molecule has 1 fully saturated rings. The minimum absolute atomic E-state index is 0.0229. The van der Waals surface area contributed by atoms with E-state index in [4.69, 9.17) is 4.42 Å². The molecule has 1 unspecified atom stereocenters. The molecule has 2 aromatic heterocycles. The molecule has 1 aromatic carbocycles. The van der Waals surface area contributed by atoms with Crippen LogP contribution in [0.4, 0.5) is 0 Å². The van der Waals surface area contributed by atoms with Gasteiger partial charge in [-0.15, -0.1) is 0 Å². The summed E-state index contributed by atoms with van der Waals surface area (Å²) in [4.78, 5) is 15.3. The Bertz CT molecular complexity index is 840. The Morgan fingerprint density at radius 3 is 2.92 bits per heavy atom. The van der Waals surface area contributed by atoms with Crippen molar-refractivity contribution in [3.63, 3.8) is 0 Å². The van der Waals surface area contributed by atoms with Crippen LogP contribution in [0.3, 0.4) is 0 Å². The summed E-state index contributed by atoms with van der Waals surface area (Å²) in [6, 6.07) is 13.7. The molecule has 26 heavy (non-hydrogen) atoms. The van der Waals surface area contributed by atoms with Gasteiger partial charge in [0.15, 0.2) is 0 Å². The van der Waals surface area contributed by atoms with Crippen molar-refractivity contribution in [3.05, 3.63) is 78.0 Å². The summed E-state index contributed by atoms with van der Waals surface area (Å²) in [5, 5.41) is 4.24. The number of hydrogen-bond acceptors (Lipinski definition) is 3. The first kappa shape index (κ1) is 16.6. The van der Waals surface area contributed by atoms with Gasteiger partial charge < -0.3 is 9.32 Å². The third-order valence-corrected chi connectivity index (χ3v) is 4.96.